The van der Waals surface area contributed by atoms with Crippen LogP contribution in [0.1, 0.15) is 11.3 Å². The molecule has 0 unspecified atom stereocenters. The zero-order valence-corrected chi connectivity index (χ0v) is 14.5. The van der Waals surface area contributed by atoms with Gasteiger partial charge >= 0.3 is 0 Å². The van der Waals surface area contributed by atoms with Crippen molar-refractivity contribution in [3.8, 4) is 11.5 Å². The molecule has 132 valence electrons. The van der Waals surface area contributed by atoms with Gasteiger partial charge in [-0.05, 0) is 18.6 Å². The number of nitrogens with zero attached hydrogens (tertiary/aromatic N) is 5. The molecule has 0 bridgehead atoms. The van der Waals surface area contributed by atoms with Crippen molar-refractivity contribution in [3.63, 3.8) is 0 Å². The highest BCUT2D eigenvalue weighted by molar-refractivity contribution is 6.30. The Labute approximate surface area is 153 Å². The number of fused-ring (bicyclic) bond motifs is 1. The van der Waals surface area contributed by atoms with Gasteiger partial charge in [0, 0.05) is 24.5 Å². The van der Waals surface area contributed by atoms with Crippen molar-refractivity contribution in [2.75, 3.05) is 6.54 Å². The molecule has 9 heteroatoms. The van der Waals surface area contributed by atoms with E-state index in [9.17, 15) is 9.59 Å². The summed E-state index contributed by atoms with van der Waals surface area (Å²) in [5.74, 6) is 0.305. The van der Waals surface area contributed by atoms with Gasteiger partial charge in [0.05, 0.1) is 23.5 Å². The van der Waals surface area contributed by atoms with Crippen LogP contribution >= 0.6 is 11.6 Å². The van der Waals surface area contributed by atoms with E-state index in [1.54, 1.807) is 29.4 Å². The molecule has 1 aliphatic rings. The summed E-state index contributed by atoms with van der Waals surface area (Å²) in [6.07, 6.45) is 5.19. The molecule has 1 amide bonds. The predicted molar refractivity (Wildman–Crippen MR) is 94.4 cm³/mol. The van der Waals surface area contributed by atoms with Gasteiger partial charge in [0.2, 0.25) is 5.91 Å². The molecule has 0 saturated carbocycles. The van der Waals surface area contributed by atoms with Gasteiger partial charge in [0.15, 0.2) is 5.82 Å². The van der Waals surface area contributed by atoms with Gasteiger partial charge in [-0.1, -0.05) is 17.7 Å². The molecule has 26 heavy (non-hydrogen) atoms. The fraction of sp³-hybridized carbons (Fsp3) is 0.235. The molecule has 0 radical (unpaired) electrons. The first kappa shape index (κ1) is 16.5. The molecule has 0 aliphatic carbocycles. The fourth-order valence-corrected chi connectivity index (χ4v) is 3.10. The molecule has 0 saturated heterocycles. The molecule has 8 nitrogen and oxygen atoms in total. The average Bonchev–Trinajstić information content (AvgIpc) is 3.06. The van der Waals surface area contributed by atoms with E-state index in [0.717, 1.165) is 0 Å². The van der Waals surface area contributed by atoms with Gasteiger partial charge in [-0.15, -0.1) is 0 Å². The maximum absolute atomic E-state index is 12.5. The number of aromatic amines is 1. The monoisotopic (exact) mass is 370 g/mol. The van der Waals surface area contributed by atoms with Crippen molar-refractivity contribution in [1.82, 2.24) is 29.6 Å². The third-order valence-electron chi connectivity index (χ3n) is 4.23. The Hall–Kier alpha value is -3.00. The van der Waals surface area contributed by atoms with Crippen molar-refractivity contribution in [3.05, 3.63) is 63.4 Å². The van der Waals surface area contributed by atoms with E-state index in [1.165, 1.54) is 10.9 Å². The van der Waals surface area contributed by atoms with Crippen LogP contribution in [0.2, 0.25) is 5.02 Å². The number of rotatable bonds is 3. The molecular formula is C17H15ClN6O2. The molecular weight excluding hydrogens is 356 g/mol. The van der Waals surface area contributed by atoms with Crippen LogP contribution in [-0.4, -0.2) is 42.1 Å². The minimum Gasteiger partial charge on any atom is -0.335 e. The summed E-state index contributed by atoms with van der Waals surface area (Å²) in [4.78, 5) is 38.1. The lowest BCUT2D eigenvalue weighted by Crippen LogP contribution is -2.40. The first-order valence-corrected chi connectivity index (χ1v) is 8.47. The lowest BCUT2D eigenvalue weighted by Gasteiger charge is -2.27. The lowest BCUT2D eigenvalue weighted by molar-refractivity contribution is -0.133. The summed E-state index contributed by atoms with van der Waals surface area (Å²) in [5.41, 5.74) is 1.63. The maximum atomic E-state index is 12.5. The van der Waals surface area contributed by atoms with Gasteiger partial charge in [-0.25, -0.2) is 4.98 Å². The van der Waals surface area contributed by atoms with Crippen molar-refractivity contribution in [2.24, 2.45) is 0 Å². The average molecular weight is 371 g/mol. The minimum absolute atomic E-state index is 0.0956. The minimum atomic E-state index is -0.179. The Bertz CT molecular complexity index is 1010. The Balaban J connectivity index is 1.58. The number of carbonyl (C=O) groups excluding carboxylic acids is 1. The van der Waals surface area contributed by atoms with Gasteiger partial charge in [0.25, 0.3) is 5.56 Å². The first-order valence-electron chi connectivity index (χ1n) is 8.09. The highest BCUT2D eigenvalue weighted by atomic mass is 35.5. The third-order valence-corrected chi connectivity index (χ3v) is 4.43. The Morgan fingerprint density at radius 1 is 1.35 bits per heavy atom. The smallest absolute Gasteiger partial charge is 0.254 e. The highest BCUT2D eigenvalue weighted by Gasteiger charge is 2.25. The summed E-state index contributed by atoms with van der Waals surface area (Å²) in [6.45, 7) is 0.847. The number of hydrogen-bond acceptors (Lipinski definition) is 5. The lowest BCUT2D eigenvalue weighted by atomic mass is 10.1. The number of hydrogen-bond donors (Lipinski definition) is 1. The van der Waals surface area contributed by atoms with E-state index in [4.69, 9.17) is 11.6 Å². The quantitative estimate of drug-likeness (QED) is 0.748. The zero-order valence-electron chi connectivity index (χ0n) is 13.7. The van der Waals surface area contributed by atoms with E-state index in [1.807, 2.05) is 6.07 Å². The summed E-state index contributed by atoms with van der Waals surface area (Å²) in [6, 6.07) is 5.40. The molecule has 1 N–H and O–H groups in total. The molecule has 0 spiro atoms. The van der Waals surface area contributed by atoms with Crippen LogP contribution in [0.5, 0.6) is 0 Å². The normalized spacial score (nSPS) is 13.5. The molecule has 0 fully saturated rings. The SMILES string of the molecule is O=C(Cn1cc(Cl)cn1)N1CCc2c(nc(-c3ccccn3)[nH]c2=O)C1. The van der Waals surface area contributed by atoms with Gasteiger partial charge in [-0.3, -0.25) is 19.3 Å². The summed E-state index contributed by atoms with van der Waals surface area (Å²) >= 11 is 5.83. The Morgan fingerprint density at radius 3 is 2.96 bits per heavy atom. The topological polar surface area (TPSA) is 96.8 Å². The summed E-state index contributed by atoms with van der Waals surface area (Å²) < 4.78 is 1.49. The summed E-state index contributed by atoms with van der Waals surface area (Å²) in [5, 5.41) is 4.50. The van der Waals surface area contributed by atoms with Crippen LogP contribution in [0.4, 0.5) is 0 Å². The van der Waals surface area contributed by atoms with Gasteiger partial charge < -0.3 is 9.88 Å². The number of pyridine rings is 1. The van der Waals surface area contributed by atoms with Crippen LogP contribution in [0, 0.1) is 0 Å². The van der Waals surface area contributed by atoms with E-state index >= 15 is 0 Å². The van der Waals surface area contributed by atoms with E-state index in [2.05, 4.69) is 20.1 Å². The van der Waals surface area contributed by atoms with Crippen LogP contribution in [0.3, 0.4) is 0 Å². The maximum Gasteiger partial charge on any atom is 0.254 e. The zero-order chi connectivity index (χ0) is 18.1. The van der Waals surface area contributed by atoms with Crippen molar-refractivity contribution >= 4 is 17.5 Å². The second-order valence-corrected chi connectivity index (χ2v) is 6.41. The largest absolute Gasteiger partial charge is 0.335 e. The van der Waals surface area contributed by atoms with Crippen LogP contribution in [0.25, 0.3) is 11.5 Å². The van der Waals surface area contributed by atoms with Gasteiger partial charge in [0.1, 0.15) is 12.2 Å². The van der Waals surface area contributed by atoms with Crippen LogP contribution < -0.4 is 5.56 Å². The van der Waals surface area contributed by atoms with E-state index in [0.29, 0.717) is 40.8 Å². The standard InChI is InChI=1S/C17H15ClN6O2/c18-11-7-20-24(8-11)10-15(25)23-6-4-12-14(9-23)21-16(22-17(12)26)13-3-1-2-5-19-13/h1-3,5,7-8H,4,6,9-10H2,(H,21,22,26). The van der Waals surface area contributed by atoms with Crippen molar-refractivity contribution in [1.29, 1.82) is 0 Å². The number of H-pyrrole nitrogens is 1. The molecule has 0 aromatic carbocycles. The molecule has 3 aromatic heterocycles. The fourth-order valence-electron chi connectivity index (χ4n) is 2.94. The number of halogens is 1. The number of amides is 1. The summed E-state index contributed by atoms with van der Waals surface area (Å²) in [7, 11) is 0. The number of nitrogens with one attached hydrogen (secondary N) is 1. The predicted octanol–water partition coefficient (Wildman–Crippen LogP) is 1.27. The molecule has 0 atom stereocenters. The molecule has 1 aliphatic heterocycles. The molecule has 4 rings (SSSR count). The first-order chi connectivity index (χ1) is 12.6. The second-order valence-electron chi connectivity index (χ2n) is 5.98. The van der Waals surface area contributed by atoms with E-state index in [-0.39, 0.29) is 24.6 Å². The molecule has 3 aromatic rings. The highest BCUT2D eigenvalue weighted by Crippen LogP contribution is 2.18. The number of carbonyl (C=O) groups is 1. The Kier molecular flexibility index (Phi) is 4.26. The van der Waals surface area contributed by atoms with E-state index < -0.39 is 0 Å². The molecule has 4 heterocycles. The van der Waals surface area contributed by atoms with Crippen molar-refractivity contribution < 1.29 is 4.79 Å². The second kappa shape index (κ2) is 6.72. The van der Waals surface area contributed by atoms with Gasteiger partial charge in [-0.2, -0.15) is 5.10 Å². The Morgan fingerprint density at radius 2 is 2.23 bits per heavy atom. The van der Waals surface area contributed by atoms with Crippen molar-refractivity contribution in [2.45, 2.75) is 19.5 Å². The third kappa shape index (κ3) is 3.23. The van der Waals surface area contributed by atoms with Crippen LogP contribution in [-0.2, 0) is 24.3 Å². The number of aromatic nitrogens is 5. The van der Waals surface area contributed by atoms with Crippen LogP contribution in [0.15, 0.2) is 41.6 Å².